The standard InChI is InChI=1S/C25H33N5O2.2H2/c1-17(31)28-22-4-2-19(3-5-22)24-12-27-25(13-26-24)29-23-10-20-15-30(16-21(20)11-23)14-18-6-8-32-9-7-18;;/h2-5,12-13,18,20-21,23H,6-11,14-16H2,1H3,(H,27,29)(H,28,31);2*1H/t20-,21+,23?;;. The number of hydrogen-bond donors (Lipinski definition) is 2. The zero-order chi connectivity index (χ0) is 21.9. The van der Waals surface area contributed by atoms with Crippen LogP contribution in [-0.4, -0.2) is 59.7 Å². The molecule has 1 saturated carbocycles. The second kappa shape index (κ2) is 9.55. The molecule has 1 aromatic carbocycles. The molecule has 2 aliphatic heterocycles. The second-order valence-corrected chi connectivity index (χ2v) is 9.65. The van der Waals surface area contributed by atoms with Gasteiger partial charge in [-0.2, -0.15) is 0 Å². The Morgan fingerprint density at radius 1 is 1.09 bits per heavy atom. The summed E-state index contributed by atoms with van der Waals surface area (Å²) in [6, 6.07) is 8.16. The quantitative estimate of drug-likeness (QED) is 0.704. The molecular formula is C25H37N5O2. The first-order valence-electron chi connectivity index (χ1n) is 11.9. The van der Waals surface area contributed by atoms with Crippen molar-refractivity contribution >= 4 is 17.4 Å². The number of benzene rings is 1. The maximum absolute atomic E-state index is 11.2. The van der Waals surface area contributed by atoms with Crippen molar-refractivity contribution in [1.29, 1.82) is 0 Å². The molecule has 1 amide bonds. The summed E-state index contributed by atoms with van der Waals surface area (Å²) >= 11 is 0. The van der Waals surface area contributed by atoms with E-state index in [1.165, 1.54) is 52.2 Å². The van der Waals surface area contributed by atoms with Gasteiger partial charge in [0.05, 0.1) is 18.1 Å². The van der Waals surface area contributed by atoms with Crippen molar-refractivity contribution in [2.24, 2.45) is 17.8 Å². The number of amides is 1. The van der Waals surface area contributed by atoms with Gasteiger partial charge in [0.15, 0.2) is 0 Å². The molecule has 0 radical (unpaired) electrons. The third-order valence-corrected chi connectivity index (χ3v) is 7.19. The highest BCUT2D eigenvalue weighted by molar-refractivity contribution is 5.88. The van der Waals surface area contributed by atoms with Crippen LogP contribution < -0.4 is 10.6 Å². The van der Waals surface area contributed by atoms with Crippen molar-refractivity contribution in [1.82, 2.24) is 14.9 Å². The maximum Gasteiger partial charge on any atom is 0.221 e. The highest BCUT2D eigenvalue weighted by atomic mass is 16.5. The van der Waals surface area contributed by atoms with Crippen molar-refractivity contribution in [3.05, 3.63) is 36.7 Å². The van der Waals surface area contributed by atoms with E-state index in [9.17, 15) is 4.79 Å². The molecule has 32 heavy (non-hydrogen) atoms. The summed E-state index contributed by atoms with van der Waals surface area (Å²) in [6.45, 7) is 7.15. The SMILES string of the molecule is CC(=O)Nc1ccc(-c2cnc(NC3C[C@@H]4CN(CC5CCOCC5)C[C@@H]4C3)cn2)cc1.[HH].[HH]. The Morgan fingerprint density at radius 2 is 1.81 bits per heavy atom. The average molecular weight is 440 g/mol. The number of anilines is 2. The van der Waals surface area contributed by atoms with Crippen molar-refractivity contribution < 1.29 is 12.4 Å². The van der Waals surface area contributed by atoms with Gasteiger partial charge in [-0.25, -0.2) is 4.98 Å². The summed E-state index contributed by atoms with van der Waals surface area (Å²) in [5.74, 6) is 3.22. The molecule has 0 bridgehead atoms. The first-order chi connectivity index (χ1) is 15.6. The van der Waals surface area contributed by atoms with Crippen molar-refractivity contribution in [3.8, 4) is 11.3 Å². The van der Waals surface area contributed by atoms with E-state index in [-0.39, 0.29) is 8.76 Å². The largest absolute Gasteiger partial charge is 0.381 e. The molecule has 3 heterocycles. The van der Waals surface area contributed by atoms with Gasteiger partial charge >= 0.3 is 0 Å². The van der Waals surface area contributed by atoms with Crippen LogP contribution in [0.1, 0.15) is 35.5 Å². The van der Waals surface area contributed by atoms with Gasteiger partial charge in [-0.3, -0.25) is 9.78 Å². The van der Waals surface area contributed by atoms with Gasteiger partial charge in [0.1, 0.15) is 5.82 Å². The van der Waals surface area contributed by atoms with Crippen molar-refractivity contribution in [2.45, 2.75) is 38.6 Å². The monoisotopic (exact) mass is 439 g/mol. The number of rotatable bonds is 6. The summed E-state index contributed by atoms with van der Waals surface area (Å²) in [5, 5.41) is 6.40. The van der Waals surface area contributed by atoms with E-state index in [1.54, 1.807) is 0 Å². The van der Waals surface area contributed by atoms with E-state index in [0.29, 0.717) is 6.04 Å². The molecule has 3 aliphatic rings. The predicted octanol–water partition coefficient (Wildman–Crippen LogP) is 4.14. The number of fused-ring (bicyclic) bond motifs is 1. The lowest BCUT2D eigenvalue weighted by atomic mass is 10.00. The molecule has 3 atom stereocenters. The van der Waals surface area contributed by atoms with Crippen LogP contribution in [0, 0.1) is 17.8 Å². The van der Waals surface area contributed by atoms with Gasteiger partial charge in [-0.15, -0.1) is 0 Å². The van der Waals surface area contributed by atoms with Crippen LogP contribution >= 0.6 is 0 Å². The Balaban J connectivity index is 0.00000162. The Bertz CT molecular complexity index is 908. The van der Waals surface area contributed by atoms with Crippen LogP contribution in [0.25, 0.3) is 11.3 Å². The summed E-state index contributed by atoms with van der Waals surface area (Å²) in [5.41, 5.74) is 2.60. The summed E-state index contributed by atoms with van der Waals surface area (Å²) < 4.78 is 5.51. The van der Waals surface area contributed by atoms with E-state index in [4.69, 9.17) is 4.74 Å². The third kappa shape index (κ3) is 5.10. The topological polar surface area (TPSA) is 79.4 Å². The van der Waals surface area contributed by atoms with Crippen LogP contribution in [-0.2, 0) is 9.53 Å². The highest BCUT2D eigenvalue weighted by Crippen LogP contribution is 2.39. The smallest absolute Gasteiger partial charge is 0.221 e. The lowest BCUT2D eigenvalue weighted by Gasteiger charge is -2.27. The molecule has 1 aromatic heterocycles. The minimum Gasteiger partial charge on any atom is -0.381 e. The second-order valence-electron chi connectivity index (χ2n) is 9.65. The number of hydrogen-bond acceptors (Lipinski definition) is 6. The normalized spacial score (nSPS) is 26.1. The van der Waals surface area contributed by atoms with Crippen molar-refractivity contribution in [3.63, 3.8) is 0 Å². The molecule has 2 aromatic rings. The lowest BCUT2D eigenvalue weighted by molar-refractivity contribution is -0.114. The highest BCUT2D eigenvalue weighted by Gasteiger charge is 2.41. The molecule has 1 aliphatic carbocycles. The summed E-state index contributed by atoms with van der Waals surface area (Å²) in [7, 11) is 0. The number of nitrogens with zero attached hydrogens (tertiary/aromatic N) is 3. The van der Waals surface area contributed by atoms with Crippen LogP contribution in [0.4, 0.5) is 11.5 Å². The number of carbonyl (C=O) groups is 1. The average Bonchev–Trinajstić information content (AvgIpc) is 3.33. The van der Waals surface area contributed by atoms with Crippen molar-refractivity contribution in [2.75, 3.05) is 43.5 Å². The zero-order valence-electron chi connectivity index (χ0n) is 18.8. The Kier molecular flexibility index (Phi) is 6.37. The number of ether oxygens (including phenoxy) is 1. The van der Waals surface area contributed by atoms with E-state index in [0.717, 1.165) is 53.7 Å². The Morgan fingerprint density at radius 3 is 2.44 bits per heavy atom. The summed E-state index contributed by atoms with van der Waals surface area (Å²) in [4.78, 5) is 23.1. The third-order valence-electron chi connectivity index (χ3n) is 7.19. The van der Waals surface area contributed by atoms with Crippen LogP contribution in [0.5, 0.6) is 0 Å². The van der Waals surface area contributed by atoms with E-state index in [2.05, 4.69) is 25.5 Å². The zero-order valence-corrected chi connectivity index (χ0v) is 18.8. The fourth-order valence-corrected chi connectivity index (χ4v) is 5.65. The molecular weight excluding hydrogens is 402 g/mol. The minimum atomic E-state index is -0.0731. The fourth-order valence-electron chi connectivity index (χ4n) is 5.65. The van der Waals surface area contributed by atoms with Gasteiger partial charge in [0, 0.05) is 59.9 Å². The molecule has 3 fully saturated rings. The summed E-state index contributed by atoms with van der Waals surface area (Å²) in [6.07, 6.45) is 8.56. The van der Waals surface area contributed by atoms with Gasteiger partial charge < -0.3 is 20.3 Å². The van der Waals surface area contributed by atoms with Crippen LogP contribution in [0.3, 0.4) is 0 Å². The molecule has 1 unspecified atom stereocenters. The number of nitrogens with one attached hydrogen (secondary N) is 2. The number of aromatic nitrogens is 2. The first kappa shape index (κ1) is 21.3. The molecule has 7 nitrogen and oxygen atoms in total. The molecule has 2 N–H and O–H groups in total. The van der Waals surface area contributed by atoms with Crippen LogP contribution in [0.15, 0.2) is 36.7 Å². The Labute approximate surface area is 192 Å². The van der Waals surface area contributed by atoms with E-state index in [1.807, 2.05) is 36.7 Å². The van der Waals surface area contributed by atoms with Gasteiger partial charge in [-0.1, -0.05) is 12.1 Å². The van der Waals surface area contributed by atoms with Gasteiger partial charge in [-0.05, 0) is 55.6 Å². The predicted molar refractivity (Wildman–Crippen MR) is 130 cm³/mol. The number of likely N-dealkylation sites (tertiary alicyclic amines) is 1. The first-order valence-corrected chi connectivity index (χ1v) is 11.9. The number of carbonyl (C=O) groups excluding carboxylic acids is 1. The maximum atomic E-state index is 11.2. The molecule has 0 spiro atoms. The minimum absolute atomic E-state index is 0. The fraction of sp³-hybridized carbons (Fsp3) is 0.560. The molecule has 174 valence electrons. The van der Waals surface area contributed by atoms with E-state index < -0.39 is 0 Å². The molecule has 2 saturated heterocycles. The van der Waals surface area contributed by atoms with Crippen LogP contribution in [0.2, 0.25) is 0 Å². The Hall–Kier alpha value is -2.51. The lowest BCUT2D eigenvalue weighted by Crippen LogP contribution is -2.32. The van der Waals surface area contributed by atoms with E-state index >= 15 is 0 Å². The molecule has 5 rings (SSSR count). The van der Waals surface area contributed by atoms with Gasteiger partial charge in [0.25, 0.3) is 0 Å². The molecule has 7 heteroatoms. The van der Waals surface area contributed by atoms with Gasteiger partial charge in [0.2, 0.25) is 5.91 Å².